The van der Waals surface area contributed by atoms with Gasteiger partial charge < -0.3 is 14.9 Å². The van der Waals surface area contributed by atoms with Crippen molar-refractivity contribution in [3.8, 4) is 5.75 Å². The Hall–Kier alpha value is -1.52. The number of rotatable bonds is 10. The average Bonchev–Trinajstić information content (AvgIpc) is 2.89. The molecule has 1 aliphatic rings. The highest BCUT2D eigenvalue weighted by Crippen LogP contribution is 2.39. The third-order valence-corrected chi connectivity index (χ3v) is 5.78. The van der Waals surface area contributed by atoms with E-state index in [0.29, 0.717) is 25.4 Å². The van der Waals surface area contributed by atoms with Crippen molar-refractivity contribution in [1.82, 2.24) is 0 Å². The van der Waals surface area contributed by atoms with E-state index in [2.05, 4.69) is 32.1 Å². The number of aliphatic hydroxyl groups is 1. The van der Waals surface area contributed by atoms with Gasteiger partial charge in [-0.15, -0.1) is 11.6 Å². The van der Waals surface area contributed by atoms with Crippen LogP contribution in [0.4, 0.5) is 0 Å². The van der Waals surface area contributed by atoms with Gasteiger partial charge in [-0.25, -0.2) is 0 Å². The predicted octanol–water partition coefficient (Wildman–Crippen LogP) is 4.99. The Bertz CT molecular complexity index is 628. The molecule has 150 valence electrons. The Kier molecular flexibility index (Phi) is 8.65. The van der Waals surface area contributed by atoms with Crippen LogP contribution < -0.4 is 4.74 Å². The zero-order valence-corrected chi connectivity index (χ0v) is 16.9. The number of aliphatic carboxylic acids is 1. The van der Waals surface area contributed by atoms with Crippen molar-refractivity contribution in [3.05, 3.63) is 42.0 Å². The van der Waals surface area contributed by atoms with E-state index in [4.69, 9.17) is 21.4 Å². The molecule has 0 bridgehead atoms. The van der Waals surface area contributed by atoms with E-state index in [1.807, 2.05) is 18.2 Å². The van der Waals surface area contributed by atoms with E-state index in [9.17, 15) is 9.90 Å². The van der Waals surface area contributed by atoms with E-state index in [0.717, 1.165) is 18.6 Å². The lowest BCUT2D eigenvalue weighted by Gasteiger charge is -2.23. The molecule has 27 heavy (non-hydrogen) atoms. The first-order chi connectivity index (χ1) is 12.9. The van der Waals surface area contributed by atoms with Gasteiger partial charge in [0.05, 0.1) is 12.7 Å². The SMILES string of the molecule is CC(C)c1cccc(OC[C@@H]2[C@@H](CC=CCCCC(=O)O)[C@H](Cl)C[C@H]2O)c1. The van der Waals surface area contributed by atoms with E-state index >= 15 is 0 Å². The molecule has 0 aliphatic heterocycles. The predicted molar refractivity (Wildman–Crippen MR) is 109 cm³/mol. The van der Waals surface area contributed by atoms with Gasteiger partial charge in [0.25, 0.3) is 0 Å². The Morgan fingerprint density at radius 2 is 2.11 bits per heavy atom. The Labute approximate surface area is 167 Å². The van der Waals surface area contributed by atoms with E-state index in [-0.39, 0.29) is 23.6 Å². The van der Waals surface area contributed by atoms with Crippen LogP contribution in [0.3, 0.4) is 0 Å². The quantitative estimate of drug-likeness (QED) is 0.333. The molecule has 1 saturated carbocycles. The fraction of sp³-hybridized carbons (Fsp3) is 0.591. The summed E-state index contributed by atoms with van der Waals surface area (Å²) in [7, 11) is 0. The van der Waals surface area contributed by atoms with Crippen molar-refractivity contribution in [2.75, 3.05) is 6.61 Å². The first kappa shape index (κ1) is 21.8. The molecule has 0 unspecified atom stereocenters. The molecule has 4 nitrogen and oxygen atoms in total. The molecule has 4 atom stereocenters. The number of alkyl halides is 1. The number of benzene rings is 1. The van der Waals surface area contributed by atoms with Gasteiger partial charge in [-0.2, -0.15) is 0 Å². The van der Waals surface area contributed by atoms with Gasteiger partial charge >= 0.3 is 5.97 Å². The molecule has 0 saturated heterocycles. The molecule has 0 amide bonds. The Morgan fingerprint density at radius 3 is 2.81 bits per heavy atom. The number of halogens is 1. The number of carboxylic acids is 1. The Morgan fingerprint density at radius 1 is 1.33 bits per heavy atom. The van der Waals surface area contributed by atoms with E-state index < -0.39 is 12.1 Å². The van der Waals surface area contributed by atoms with Crippen LogP contribution in [0.15, 0.2) is 36.4 Å². The third-order valence-electron chi connectivity index (χ3n) is 5.28. The average molecular weight is 395 g/mol. The minimum atomic E-state index is -0.762. The van der Waals surface area contributed by atoms with Crippen molar-refractivity contribution in [3.63, 3.8) is 0 Å². The fourth-order valence-electron chi connectivity index (χ4n) is 3.59. The summed E-state index contributed by atoms with van der Waals surface area (Å²) in [5, 5.41) is 19.0. The zero-order chi connectivity index (χ0) is 19.8. The maximum atomic E-state index is 10.5. The molecular formula is C22H31ClO4. The second-order valence-electron chi connectivity index (χ2n) is 7.68. The van der Waals surface area contributed by atoms with Crippen molar-refractivity contribution < 1.29 is 19.7 Å². The Balaban J connectivity index is 1.88. The molecule has 0 radical (unpaired) electrons. The number of carboxylic acid groups (broad SMARTS) is 1. The lowest BCUT2D eigenvalue weighted by Crippen LogP contribution is -2.27. The second kappa shape index (κ2) is 10.7. The zero-order valence-electron chi connectivity index (χ0n) is 16.2. The van der Waals surface area contributed by atoms with Gasteiger partial charge in [0.15, 0.2) is 0 Å². The second-order valence-corrected chi connectivity index (χ2v) is 8.24. The van der Waals surface area contributed by atoms with Crippen LogP contribution in [0.2, 0.25) is 0 Å². The molecule has 1 fully saturated rings. The number of hydrogen-bond donors (Lipinski definition) is 2. The van der Waals surface area contributed by atoms with Crippen molar-refractivity contribution in [2.45, 2.75) is 63.4 Å². The summed E-state index contributed by atoms with van der Waals surface area (Å²) >= 11 is 6.47. The van der Waals surface area contributed by atoms with Crippen LogP contribution in [0.25, 0.3) is 0 Å². The molecule has 0 heterocycles. The highest BCUT2D eigenvalue weighted by Gasteiger charge is 2.41. The van der Waals surface area contributed by atoms with Crippen molar-refractivity contribution >= 4 is 17.6 Å². The molecule has 0 aromatic heterocycles. The topological polar surface area (TPSA) is 66.8 Å². The van der Waals surface area contributed by atoms with Gasteiger partial charge in [0, 0.05) is 17.7 Å². The van der Waals surface area contributed by atoms with Crippen LogP contribution >= 0.6 is 11.6 Å². The standard InChI is InChI=1S/C22H31ClO4/c1-15(2)16-8-7-9-17(12-16)27-14-19-18(20(23)13-21(19)24)10-5-3-4-6-11-22(25)26/h3,5,7-9,12,15,18-21,24H,4,6,10-11,13-14H2,1-2H3,(H,25,26)/t18-,19-,20-,21-/m1/s1. The summed E-state index contributed by atoms with van der Waals surface area (Å²) < 4.78 is 5.99. The monoisotopic (exact) mass is 394 g/mol. The molecule has 2 rings (SSSR count). The van der Waals surface area contributed by atoms with Crippen molar-refractivity contribution in [1.29, 1.82) is 0 Å². The number of hydrogen-bond acceptors (Lipinski definition) is 3. The summed E-state index contributed by atoms with van der Waals surface area (Å²) in [6, 6.07) is 8.09. The summed E-state index contributed by atoms with van der Waals surface area (Å²) in [5.74, 6) is 0.665. The molecule has 0 spiro atoms. The maximum absolute atomic E-state index is 10.5. The molecule has 1 aromatic carbocycles. The molecule has 2 N–H and O–H groups in total. The van der Waals surface area contributed by atoms with Gasteiger partial charge in [-0.1, -0.05) is 38.1 Å². The van der Waals surface area contributed by atoms with Gasteiger partial charge in [-0.05, 0) is 55.2 Å². The van der Waals surface area contributed by atoms with Gasteiger partial charge in [0.2, 0.25) is 0 Å². The van der Waals surface area contributed by atoms with Crippen LogP contribution in [-0.4, -0.2) is 34.3 Å². The third kappa shape index (κ3) is 6.86. The van der Waals surface area contributed by atoms with Crippen LogP contribution in [0, 0.1) is 11.8 Å². The largest absolute Gasteiger partial charge is 0.493 e. The minimum absolute atomic E-state index is 0.00104. The number of aliphatic hydroxyl groups excluding tert-OH is 1. The summed E-state index contributed by atoms with van der Waals surface area (Å²) in [4.78, 5) is 10.5. The van der Waals surface area contributed by atoms with Crippen LogP contribution in [0.5, 0.6) is 5.75 Å². The number of unbranched alkanes of at least 4 members (excludes halogenated alkanes) is 1. The summed E-state index contributed by atoms with van der Waals surface area (Å²) in [6.45, 7) is 4.75. The highest BCUT2D eigenvalue weighted by molar-refractivity contribution is 6.21. The van der Waals surface area contributed by atoms with E-state index in [1.165, 1.54) is 5.56 Å². The highest BCUT2D eigenvalue weighted by atomic mass is 35.5. The van der Waals surface area contributed by atoms with Crippen molar-refractivity contribution in [2.24, 2.45) is 11.8 Å². The minimum Gasteiger partial charge on any atom is -0.493 e. The normalized spacial score (nSPS) is 25.4. The lowest BCUT2D eigenvalue weighted by atomic mass is 9.92. The van der Waals surface area contributed by atoms with Crippen LogP contribution in [-0.2, 0) is 4.79 Å². The maximum Gasteiger partial charge on any atom is 0.303 e. The van der Waals surface area contributed by atoms with Crippen LogP contribution in [0.1, 0.15) is 57.4 Å². The van der Waals surface area contributed by atoms with Gasteiger partial charge in [0.1, 0.15) is 5.75 Å². The molecular weight excluding hydrogens is 364 g/mol. The van der Waals surface area contributed by atoms with Gasteiger partial charge in [-0.3, -0.25) is 4.79 Å². The molecule has 1 aromatic rings. The fourth-order valence-corrected chi connectivity index (χ4v) is 4.06. The lowest BCUT2D eigenvalue weighted by molar-refractivity contribution is -0.137. The number of ether oxygens (including phenoxy) is 1. The number of allylic oxidation sites excluding steroid dienone is 2. The first-order valence-electron chi connectivity index (χ1n) is 9.80. The van der Waals surface area contributed by atoms with E-state index in [1.54, 1.807) is 0 Å². The molecule has 1 aliphatic carbocycles. The smallest absolute Gasteiger partial charge is 0.303 e. The summed E-state index contributed by atoms with van der Waals surface area (Å²) in [6.07, 6.45) is 6.56. The summed E-state index contributed by atoms with van der Waals surface area (Å²) in [5.41, 5.74) is 1.23. The number of carbonyl (C=O) groups is 1. The molecule has 5 heteroatoms. The first-order valence-corrected chi connectivity index (χ1v) is 10.2.